The second-order valence-corrected chi connectivity index (χ2v) is 12.7. The van der Waals surface area contributed by atoms with Gasteiger partial charge in [0, 0.05) is 38.6 Å². The summed E-state index contributed by atoms with van der Waals surface area (Å²) < 4.78 is 4.88. The summed E-state index contributed by atoms with van der Waals surface area (Å²) in [7, 11) is 1.72. The molecular formula is C33H34BrN3O3. The highest BCUT2D eigenvalue weighted by Gasteiger charge is 2.67. The number of rotatable bonds is 7. The average molecular weight is 601 g/mol. The molecule has 2 bridgehead atoms. The van der Waals surface area contributed by atoms with Gasteiger partial charge in [-0.3, -0.25) is 19.4 Å². The van der Waals surface area contributed by atoms with Crippen LogP contribution in [0, 0.1) is 11.8 Å². The highest BCUT2D eigenvalue weighted by molar-refractivity contribution is 9.09. The number of anilines is 1. The first-order valence-electron chi connectivity index (χ1n) is 14.4. The van der Waals surface area contributed by atoms with E-state index in [1.165, 1.54) is 11.1 Å². The molecule has 3 aliphatic carbocycles. The lowest BCUT2D eigenvalue weighted by Crippen LogP contribution is -2.50. The predicted octanol–water partition coefficient (Wildman–Crippen LogP) is 5.00. The number of likely N-dealkylation sites (tertiary alicyclic amines) is 1. The Morgan fingerprint density at radius 3 is 2.08 bits per heavy atom. The minimum atomic E-state index is -0.664. The molecule has 2 saturated heterocycles. The molecule has 8 rings (SSSR count). The van der Waals surface area contributed by atoms with Gasteiger partial charge in [-0.2, -0.15) is 0 Å². The second kappa shape index (κ2) is 10.0. The van der Waals surface area contributed by atoms with Gasteiger partial charge in [0.1, 0.15) is 5.75 Å². The van der Waals surface area contributed by atoms with E-state index in [1.54, 1.807) is 12.0 Å². The van der Waals surface area contributed by atoms with Crippen molar-refractivity contribution in [2.45, 2.75) is 23.1 Å². The van der Waals surface area contributed by atoms with Gasteiger partial charge in [-0.1, -0.05) is 76.6 Å². The highest BCUT2D eigenvalue weighted by Crippen LogP contribution is 2.66. The fraction of sp³-hybridized carbons (Fsp3) is 0.394. The molecule has 206 valence electrons. The molecule has 7 heteroatoms. The van der Waals surface area contributed by atoms with E-state index in [0.717, 1.165) is 68.1 Å². The third kappa shape index (κ3) is 3.77. The molecule has 2 unspecified atom stereocenters. The Hall–Kier alpha value is -3.16. The van der Waals surface area contributed by atoms with Gasteiger partial charge < -0.3 is 9.64 Å². The lowest BCUT2D eigenvalue weighted by Gasteiger charge is -2.51. The number of ether oxygens (including phenoxy) is 1. The van der Waals surface area contributed by atoms with Gasteiger partial charge in [0.05, 0.1) is 29.0 Å². The van der Waals surface area contributed by atoms with E-state index in [0.29, 0.717) is 6.54 Å². The Morgan fingerprint density at radius 1 is 0.800 bits per heavy atom. The maximum absolute atomic E-state index is 13.9. The van der Waals surface area contributed by atoms with E-state index in [1.807, 2.05) is 36.4 Å². The largest absolute Gasteiger partial charge is 0.495 e. The van der Waals surface area contributed by atoms with E-state index >= 15 is 0 Å². The molecule has 0 spiro atoms. The van der Waals surface area contributed by atoms with Crippen LogP contribution in [0.15, 0.2) is 72.8 Å². The first-order valence-corrected chi connectivity index (χ1v) is 15.2. The van der Waals surface area contributed by atoms with E-state index in [2.05, 4.69) is 62.1 Å². The van der Waals surface area contributed by atoms with Crippen LogP contribution in [0.2, 0.25) is 0 Å². The smallest absolute Gasteiger partial charge is 0.235 e. The van der Waals surface area contributed by atoms with Crippen LogP contribution in [0.3, 0.4) is 0 Å². The van der Waals surface area contributed by atoms with Crippen LogP contribution in [0.5, 0.6) is 5.75 Å². The number of methoxy groups -OCH3 is 1. The number of para-hydroxylation sites is 2. The topological polar surface area (TPSA) is 53.1 Å². The van der Waals surface area contributed by atoms with Crippen molar-refractivity contribution in [2.75, 3.05) is 51.3 Å². The zero-order valence-corrected chi connectivity index (χ0v) is 24.3. The molecular weight excluding hydrogens is 566 g/mol. The van der Waals surface area contributed by atoms with E-state index in [9.17, 15) is 9.59 Å². The fourth-order valence-electron chi connectivity index (χ4n) is 7.67. The van der Waals surface area contributed by atoms with Gasteiger partial charge in [0.25, 0.3) is 0 Å². The molecule has 0 radical (unpaired) electrons. The van der Waals surface area contributed by atoms with E-state index < -0.39 is 10.2 Å². The molecule has 2 aliphatic heterocycles. The first-order chi connectivity index (χ1) is 19.5. The van der Waals surface area contributed by atoms with Crippen molar-refractivity contribution in [1.29, 1.82) is 0 Å². The molecule has 5 aliphatic rings. The second-order valence-electron chi connectivity index (χ2n) is 11.4. The SMILES string of the molecule is COc1ccccc1N1CCN(CCCCN2C(=O)C3C4c5ccccc5C(Br)(c5ccccc54)C3C2=O)CC1. The van der Waals surface area contributed by atoms with Crippen molar-refractivity contribution < 1.29 is 14.3 Å². The van der Waals surface area contributed by atoms with Crippen molar-refractivity contribution >= 4 is 33.4 Å². The number of alkyl halides is 1. The quantitative estimate of drug-likeness (QED) is 0.217. The van der Waals surface area contributed by atoms with Crippen molar-refractivity contribution in [3.63, 3.8) is 0 Å². The fourth-order valence-corrected chi connectivity index (χ4v) is 8.87. The van der Waals surface area contributed by atoms with E-state index in [-0.39, 0.29) is 23.7 Å². The van der Waals surface area contributed by atoms with Crippen molar-refractivity contribution in [3.05, 3.63) is 95.1 Å². The van der Waals surface area contributed by atoms with Crippen LogP contribution in [0.25, 0.3) is 0 Å². The molecule has 2 atom stereocenters. The summed E-state index contributed by atoms with van der Waals surface area (Å²) >= 11 is 4.08. The lowest BCUT2D eigenvalue weighted by atomic mass is 9.55. The Morgan fingerprint density at radius 2 is 1.40 bits per heavy atom. The average Bonchev–Trinajstić information content (AvgIpc) is 3.26. The third-order valence-electron chi connectivity index (χ3n) is 9.51. The van der Waals surface area contributed by atoms with Crippen LogP contribution >= 0.6 is 15.9 Å². The molecule has 0 saturated carbocycles. The number of benzene rings is 3. The Labute approximate surface area is 244 Å². The predicted molar refractivity (Wildman–Crippen MR) is 159 cm³/mol. The molecule has 40 heavy (non-hydrogen) atoms. The summed E-state index contributed by atoms with van der Waals surface area (Å²) in [5.74, 6) is 0.0707. The van der Waals surface area contributed by atoms with Gasteiger partial charge in [-0.25, -0.2) is 0 Å². The maximum atomic E-state index is 13.9. The van der Waals surface area contributed by atoms with Crippen LogP contribution in [-0.2, 0) is 13.9 Å². The molecule has 6 nitrogen and oxygen atoms in total. The van der Waals surface area contributed by atoms with Crippen molar-refractivity contribution in [1.82, 2.24) is 9.80 Å². The molecule has 2 amide bonds. The Kier molecular flexibility index (Phi) is 6.47. The Balaban J connectivity index is 1.01. The van der Waals surface area contributed by atoms with Gasteiger partial charge in [-0.15, -0.1) is 0 Å². The van der Waals surface area contributed by atoms with Crippen LogP contribution in [-0.4, -0.2) is 68.0 Å². The minimum Gasteiger partial charge on any atom is -0.495 e. The van der Waals surface area contributed by atoms with Gasteiger partial charge in [0.15, 0.2) is 0 Å². The van der Waals surface area contributed by atoms with Gasteiger partial charge in [0.2, 0.25) is 11.8 Å². The van der Waals surface area contributed by atoms with Crippen LogP contribution in [0.1, 0.15) is 41.0 Å². The number of carbonyl (C=O) groups excluding carboxylic acids is 2. The van der Waals surface area contributed by atoms with Crippen LogP contribution in [0.4, 0.5) is 5.69 Å². The number of unbranched alkanes of at least 4 members (excludes halogenated alkanes) is 1. The minimum absolute atomic E-state index is 0.00162. The normalized spacial score (nSPS) is 27.0. The molecule has 0 N–H and O–H groups in total. The Bertz CT molecular complexity index is 1420. The number of hydrogen-bond acceptors (Lipinski definition) is 5. The highest BCUT2D eigenvalue weighted by atomic mass is 79.9. The van der Waals surface area contributed by atoms with Crippen molar-refractivity contribution in [2.24, 2.45) is 11.8 Å². The number of amides is 2. The van der Waals surface area contributed by atoms with Gasteiger partial charge >= 0.3 is 0 Å². The third-order valence-corrected chi connectivity index (χ3v) is 10.9. The number of carbonyl (C=O) groups is 2. The standard InChI is InChI=1S/C33H34BrN3O3/c1-40-27-15-7-6-14-26(27)36-20-18-35(19-21-36)16-8-9-17-37-31(38)29-28-22-10-2-4-12-24(22)33(34,30(29)32(37)39)25-13-5-3-11-23(25)28/h2-7,10-15,28-30H,8-9,16-21H2,1H3. The van der Waals surface area contributed by atoms with Crippen LogP contribution < -0.4 is 9.64 Å². The number of halogens is 1. The zero-order chi connectivity index (χ0) is 27.4. The number of piperazine rings is 1. The number of hydrogen-bond donors (Lipinski definition) is 0. The summed E-state index contributed by atoms with van der Waals surface area (Å²) in [5, 5.41) is 0. The summed E-state index contributed by atoms with van der Waals surface area (Å²) in [6.07, 6.45) is 1.79. The zero-order valence-electron chi connectivity index (χ0n) is 22.8. The molecule has 2 fully saturated rings. The monoisotopic (exact) mass is 599 g/mol. The molecule has 0 aromatic heterocycles. The maximum Gasteiger partial charge on any atom is 0.235 e. The summed E-state index contributed by atoms with van der Waals surface area (Å²) in [6.45, 7) is 5.38. The molecule has 3 aromatic carbocycles. The lowest BCUT2D eigenvalue weighted by molar-refractivity contribution is -0.140. The van der Waals surface area contributed by atoms with E-state index in [4.69, 9.17) is 4.74 Å². The van der Waals surface area contributed by atoms with Gasteiger partial charge in [-0.05, 0) is 53.8 Å². The molecule has 2 heterocycles. The summed E-state index contributed by atoms with van der Waals surface area (Å²) in [4.78, 5) is 34.3. The first kappa shape index (κ1) is 25.8. The summed E-state index contributed by atoms with van der Waals surface area (Å²) in [5.41, 5.74) is 5.77. The number of nitrogens with zero attached hydrogens (tertiary/aromatic N) is 3. The summed E-state index contributed by atoms with van der Waals surface area (Å²) in [6, 6.07) is 24.9. The number of imide groups is 1. The van der Waals surface area contributed by atoms with Crippen molar-refractivity contribution in [3.8, 4) is 5.75 Å². The molecule has 3 aromatic rings.